The van der Waals surface area contributed by atoms with Crippen LogP contribution in [0, 0.1) is 0 Å². The monoisotopic (exact) mass is 174 g/mol. The van der Waals surface area contributed by atoms with Crippen LogP contribution < -0.4 is 0 Å². The van der Waals surface area contributed by atoms with Crippen molar-refractivity contribution in [1.29, 1.82) is 0 Å². The Hall–Kier alpha value is -1.04. The summed E-state index contributed by atoms with van der Waals surface area (Å²) < 4.78 is 0. The van der Waals surface area contributed by atoms with Gasteiger partial charge in [-0.2, -0.15) is 0 Å². The van der Waals surface area contributed by atoms with Gasteiger partial charge in [0.2, 0.25) is 0 Å². The van der Waals surface area contributed by atoms with E-state index >= 15 is 0 Å². The van der Waals surface area contributed by atoms with Crippen LogP contribution in [0.25, 0.3) is 5.57 Å². The van der Waals surface area contributed by atoms with Crippen molar-refractivity contribution in [2.75, 3.05) is 0 Å². The van der Waals surface area contributed by atoms with E-state index in [1.807, 2.05) is 0 Å². The first-order valence-corrected chi connectivity index (χ1v) is 5.05. The van der Waals surface area contributed by atoms with Crippen LogP contribution in [0.2, 0.25) is 0 Å². The minimum Gasteiger partial charge on any atom is -0.0952 e. The first-order valence-electron chi connectivity index (χ1n) is 5.05. The smallest absolute Gasteiger partial charge is 0.0230 e. The molecule has 0 amide bonds. The maximum absolute atomic E-state index is 4.07. The van der Waals surface area contributed by atoms with Crippen molar-refractivity contribution in [2.45, 2.75) is 33.1 Å². The molecule has 13 heavy (non-hydrogen) atoms. The molecule has 0 aromatic heterocycles. The van der Waals surface area contributed by atoms with E-state index in [1.165, 1.54) is 23.1 Å². The quantitative estimate of drug-likeness (QED) is 0.645. The Morgan fingerprint density at radius 1 is 1.15 bits per heavy atom. The Morgan fingerprint density at radius 3 is 2.23 bits per heavy atom. The normalized spacial score (nSPS) is 10.0. The van der Waals surface area contributed by atoms with Crippen LogP contribution in [0.15, 0.2) is 30.8 Å². The second-order valence-corrected chi connectivity index (χ2v) is 3.40. The minimum atomic E-state index is 1.10. The van der Waals surface area contributed by atoms with Gasteiger partial charge < -0.3 is 0 Å². The van der Waals surface area contributed by atoms with Crippen LogP contribution >= 0.6 is 0 Å². The van der Waals surface area contributed by atoms with Crippen molar-refractivity contribution in [3.8, 4) is 0 Å². The summed E-state index contributed by atoms with van der Waals surface area (Å²) in [7, 11) is 0. The lowest BCUT2D eigenvalue weighted by atomic mass is 10.0. The van der Waals surface area contributed by atoms with E-state index in [0.717, 1.165) is 12.8 Å². The molecule has 0 spiro atoms. The van der Waals surface area contributed by atoms with Crippen molar-refractivity contribution in [3.05, 3.63) is 42.0 Å². The highest BCUT2D eigenvalue weighted by Crippen LogP contribution is 2.18. The number of hydrogen-bond donors (Lipinski definition) is 0. The molecule has 0 aliphatic carbocycles. The summed E-state index contributed by atoms with van der Waals surface area (Å²) in [4.78, 5) is 0. The summed E-state index contributed by atoms with van der Waals surface area (Å²) in [6.07, 6.45) is 3.39. The number of hydrogen-bond acceptors (Lipinski definition) is 0. The second-order valence-electron chi connectivity index (χ2n) is 3.40. The van der Waals surface area contributed by atoms with Gasteiger partial charge in [-0.05, 0) is 29.5 Å². The summed E-state index contributed by atoms with van der Waals surface area (Å²) in [5.74, 6) is 0. The van der Waals surface area contributed by atoms with Gasteiger partial charge >= 0.3 is 0 Å². The second kappa shape index (κ2) is 4.86. The minimum absolute atomic E-state index is 1.10. The van der Waals surface area contributed by atoms with E-state index < -0.39 is 0 Å². The van der Waals surface area contributed by atoms with Gasteiger partial charge in [0.05, 0.1) is 0 Å². The standard InChI is InChI=1S/C13H18/c1-4-6-11(3)13-9-7-12(5-2)8-10-13/h7-10H,3-6H2,1-2H3. The van der Waals surface area contributed by atoms with Crippen molar-refractivity contribution in [3.63, 3.8) is 0 Å². The van der Waals surface area contributed by atoms with E-state index in [0.29, 0.717) is 0 Å². The molecule has 0 saturated heterocycles. The molecule has 1 aromatic carbocycles. The first kappa shape index (κ1) is 10.0. The highest BCUT2D eigenvalue weighted by molar-refractivity contribution is 5.63. The van der Waals surface area contributed by atoms with Crippen LogP contribution in [0.3, 0.4) is 0 Å². The fourth-order valence-corrected chi connectivity index (χ4v) is 1.42. The molecule has 0 unspecified atom stereocenters. The Labute approximate surface area is 81.3 Å². The number of aryl methyl sites for hydroxylation is 1. The largest absolute Gasteiger partial charge is 0.0952 e. The third kappa shape index (κ3) is 2.73. The zero-order valence-electron chi connectivity index (χ0n) is 8.64. The molecular formula is C13H18. The molecule has 0 aliphatic heterocycles. The van der Waals surface area contributed by atoms with Gasteiger partial charge in [0.15, 0.2) is 0 Å². The van der Waals surface area contributed by atoms with Gasteiger partial charge in [-0.15, -0.1) is 0 Å². The average Bonchev–Trinajstić information content (AvgIpc) is 2.18. The lowest BCUT2D eigenvalue weighted by Gasteiger charge is -2.04. The maximum Gasteiger partial charge on any atom is -0.0230 e. The van der Waals surface area contributed by atoms with Crippen LogP contribution in [0.4, 0.5) is 0 Å². The SMILES string of the molecule is C=C(CCC)c1ccc(CC)cc1. The molecule has 1 aromatic rings. The zero-order chi connectivity index (χ0) is 9.68. The van der Waals surface area contributed by atoms with Crippen LogP contribution in [0.5, 0.6) is 0 Å². The van der Waals surface area contributed by atoms with Gasteiger partial charge in [-0.25, -0.2) is 0 Å². The molecule has 0 N–H and O–H groups in total. The molecular weight excluding hydrogens is 156 g/mol. The van der Waals surface area contributed by atoms with Gasteiger partial charge in [0.25, 0.3) is 0 Å². The van der Waals surface area contributed by atoms with E-state index in [9.17, 15) is 0 Å². The van der Waals surface area contributed by atoms with Crippen LogP contribution in [-0.4, -0.2) is 0 Å². The number of rotatable bonds is 4. The van der Waals surface area contributed by atoms with Crippen LogP contribution in [0.1, 0.15) is 37.8 Å². The summed E-state index contributed by atoms with van der Waals surface area (Å²) in [5, 5.41) is 0. The van der Waals surface area contributed by atoms with Crippen molar-refractivity contribution < 1.29 is 0 Å². The topological polar surface area (TPSA) is 0 Å². The molecule has 70 valence electrons. The Kier molecular flexibility index (Phi) is 3.75. The Bertz CT molecular complexity index is 267. The number of benzene rings is 1. The highest BCUT2D eigenvalue weighted by Gasteiger charge is 1.96. The van der Waals surface area contributed by atoms with E-state index in [1.54, 1.807) is 0 Å². The Balaban J connectivity index is 2.74. The first-order chi connectivity index (χ1) is 6.27. The van der Waals surface area contributed by atoms with Crippen molar-refractivity contribution in [1.82, 2.24) is 0 Å². The predicted octanol–water partition coefficient (Wildman–Crippen LogP) is 4.06. The third-order valence-corrected chi connectivity index (χ3v) is 2.32. The molecule has 0 atom stereocenters. The van der Waals surface area contributed by atoms with Crippen molar-refractivity contribution >= 4 is 5.57 Å². The molecule has 0 saturated carbocycles. The van der Waals surface area contributed by atoms with E-state index in [-0.39, 0.29) is 0 Å². The molecule has 0 aliphatic rings. The lowest BCUT2D eigenvalue weighted by Crippen LogP contribution is -1.84. The summed E-state index contributed by atoms with van der Waals surface area (Å²) in [6, 6.07) is 8.74. The van der Waals surface area contributed by atoms with E-state index in [2.05, 4.69) is 44.7 Å². The van der Waals surface area contributed by atoms with Gasteiger partial charge in [0, 0.05) is 0 Å². The van der Waals surface area contributed by atoms with Gasteiger partial charge in [-0.3, -0.25) is 0 Å². The van der Waals surface area contributed by atoms with E-state index in [4.69, 9.17) is 0 Å². The van der Waals surface area contributed by atoms with Gasteiger partial charge in [0.1, 0.15) is 0 Å². The zero-order valence-corrected chi connectivity index (χ0v) is 8.64. The summed E-state index contributed by atoms with van der Waals surface area (Å²) >= 11 is 0. The summed E-state index contributed by atoms with van der Waals surface area (Å²) in [6.45, 7) is 8.43. The molecule has 0 bridgehead atoms. The van der Waals surface area contributed by atoms with Crippen molar-refractivity contribution in [2.24, 2.45) is 0 Å². The van der Waals surface area contributed by atoms with Gasteiger partial charge in [-0.1, -0.05) is 51.1 Å². The maximum atomic E-state index is 4.07. The van der Waals surface area contributed by atoms with Crippen LogP contribution in [-0.2, 0) is 6.42 Å². The molecule has 0 fully saturated rings. The lowest BCUT2D eigenvalue weighted by molar-refractivity contribution is 0.975. The Morgan fingerprint density at radius 2 is 1.77 bits per heavy atom. The average molecular weight is 174 g/mol. The molecule has 0 nitrogen and oxygen atoms in total. The fraction of sp³-hybridized carbons (Fsp3) is 0.385. The highest BCUT2D eigenvalue weighted by atomic mass is 14.0. The predicted molar refractivity (Wildman–Crippen MR) is 59.8 cm³/mol. The molecule has 0 heterocycles. The molecule has 0 heteroatoms. The molecule has 0 radical (unpaired) electrons. The molecule has 1 rings (SSSR count). The third-order valence-electron chi connectivity index (χ3n) is 2.32. The fourth-order valence-electron chi connectivity index (χ4n) is 1.42. The number of allylic oxidation sites excluding steroid dienone is 1. The summed E-state index contributed by atoms with van der Waals surface area (Å²) in [5.41, 5.74) is 3.94.